The molecule has 1 aliphatic rings. The lowest BCUT2D eigenvalue weighted by Crippen LogP contribution is -2.23. The van der Waals surface area contributed by atoms with Gasteiger partial charge in [-0.3, -0.25) is 10.1 Å². The lowest BCUT2D eigenvalue weighted by atomic mass is 10.2. The number of β-amino-alcohol motifs (C(OH)–C–C–N with tert-alkyl or cyclic N) is 2. The van der Waals surface area contributed by atoms with Crippen molar-refractivity contribution in [2.45, 2.75) is 12.2 Å². The number of aliphatic hydroxyl groups is 2. The first kappa shape index (κ1) is 12.2. The zero-order valence-corrected chi connectivity index (χ0v) is 9.22. The Balaban J connectivity index is 2.35. The van der Waals surface area contributed by atoms with Gasteiger partial charge in [-0.05, 0) is 0 Å². The van der Waals surface area contributed by atoms with Crippen LogP contribution in [-0.4, -0.2) is 45.4 Å². The first-order valence-electron chi connectivity index (χ1n) is 5.18. The third-order valence-corrected chi connectivity index (χ3v) is 2.74. The Morgan fingerprint density at radius 3 is 2.61 bits per heavy atom. The second kappa shape index (κ2) is 4.56. The number of aromatic nitrogens is 1. The number of pyridine rings is 1. The van der Waals surface area contributed by atoms with Crippen molar-refractivity contribution in [1.82, 2.24) is 4.98 Å². The molecule has 94 valence electrons. The fourth-order valence-electron chi connectivity index (χ4n) is 1.82. The van der Waals surface area contributed by atoms with Crippen LogP contribution >= 0.6 is 0 Å². The SMILES string of the molecule is N#Cc1cc([N+](=O)[O-])cnc1N1CC(O)C(O)C1. The molecule has 2 rings (SSSR count). The van der Waals surface area contributed by atoms with Crippen molar-refractivity contribution in [2.75, 3.05) is 18.0 Å². The van der Waals surface area contributed by atoms with E-state index in [2.05, 4.69) is 4.98 Å². The Hall–Kier alpha value is -2.24. The van der Waals surface area contributed by atoms with Crippen LogP contribution in [0.3, 0.4) is 0 Å². The number of anilines is 1. The molecule has 0 bridgehead atoms. The van der Waals surface area contributed by atoms with Gasteiger partial charge in [0.15, 0.2) is 0 Å². The van der Waals surface area contributed by atoms with Gasteiger partial charge in [-0.25, -0.2) is 4.98 Å². The minimum absolute atomic E-state index is 0.0468. The van der Waals surface area contributed by atoms with E-state index in [1.54, 1.807) is 0 Å². The van der Waals surface area contributed by atoms with Crippen molar-refractivity contribution in [3.8, 4) is 6.07 Å². The number of nitro groups is 1. The molecule has 8 nitrogen and oxygen atoms in total. The second-order valence-electron chi connectivity index (χ2n) is 3.97. The minimum atomic E-state index is -0.909. The molecule has 8 heteroatoms. The fraction of sp³-hybridized carbons (Fsp3) is 0.400. The molecule has 1 fully saturated rings. The number of aliphatic hydroxyl groups excluding tert-OH is 2. The molecule has 1 aromatic rings. The third kappa shape index (κ3) is 2.09. The summed E-state index contributed by atoms with van der Waals surface area (Å²) >= 11 is 0. The van der Waals surface area contributed by atoms with Gasteiger partial charge in [0.1, 0.15) is 23.6 Å². The van der Waals surface area contributed by atoms with Crippen molar-refractivity contribution in [1.29, 1.82) is 5.26 Å². The van der Waals surface area contributed by atoms with Gasteiger partial charge in [-0.1, -0.05) is 0 Å². The van der Waals surface area contributed by atoms with E-state index in [-0.39, 0.29) is 30.2 Å². The first-order chi connectivity index (χ1) is 8.52. The van der Waals surface area contributed by atoms with E-state index in [1.165, 1.54) is 4.90 Å². The van der Waals surface area contributed by atoms with E-state index in [4.69, 9.17) is 5.26 Å². The fourth-order valence-corrected chi connectivity index (χ4v) is 1.82. The predicted octanol–water partition coefficient (Wildman–Crippen LogP) is -0.597. The summed E-state index contributed by atoms with van der Waals surface area (Å²) in [6.45, 7) is 0.279. The lowest BCUT2D eigenvalue weighted by molar-refractivity contribution is -0.385. The molecule has 0 aromatic carbocycles. The van der Waals surface area contributed by atoms with Crippen LogP contribution in [0.5, 0.6) is 0 Å². The van der Waals surface area contributed by atoms with E-state index in [0.717, 1.165) is 12.3 Å². The van der Waals surface area contributed by atoms with Crippen molar-refractivity contribution in [2.24, 2.45) is 0 Å². The molecule has 0 saturated carbocycles. The molecule has 18 heavy (non-hydrogen) atoms. The molecular weight excluding hydrogens is 240 g/mol. The number of hydrogen-bond donors (Lipinski definition) is 2. The molecule has 0 amide bonds. The highest BCUT2D eigenvalue weighted by Crippen LogP contribution is 2.25. The maximum atomic E-state index is 10.6. The Bertz CT molecular complexity index is 517. The zero-order chi connectivity index (χ0) is 13.3. The van der Waals surface area contributed by atoms with Crippen molar-refractivity contribution in [3.63, 3.8) is 0 Å². The Kier molecular flexibility index (Phi) is 3.10. The summed E-state index contributed by atoms with van der Waals surface area (Å²) in [7, 11) is 0. The highest BCUT2D eigenvalue weighted by molar-refractivity contribution is 5.58. The molecular formula is C10H10N4O4. The highest BCUT2D eigenvalue weighted by atomic mass is 16.6. The Morgan fingerprint density at radius 2 is 2.11 bits per heavy atom. The van der Waals surface area contributed by atoms with E-state index in [9.17, 15) is 20.3 Å². The Morgan fingerprint density at radius 1 is 1.50 bits per heavy atom. The molecule has 0 aliphatic carbocycles. The minimum Gasteiger partial charge on any atom is -0.389 e. The smallest absolute Gasteiger partial charge is 0.289 e. The number of nitriles is 1. The lowest BCUT2D eigenvalue weighted by Gasteiger charge is -2.16. The maximum absolute atomic E-state index is 10.6. The van der Waals surface area contributed by atoms with Gasteiger partial charge in [0.05, 0.1) is 17.1 Å². The summed E-state index contributed by atoms with van der Waals surface area (Å²) in [6.07, 6.45) is -0.769. The van der Waals surface area contributed by atoms with Crippen LogP contribution in [0.4, 0.5) is 11.5 Å². The van der Waals surface area contributed by atoms with Crippen molar-refractivity contribution >= 4 is 11.5 Å². The van der Waals surface area contributed by atoms with E-state index in [1.807, 2.05) is 6.07 Å². The summed E-state index contributed by atoms with van der Waals surface area (Å²) in [5, 5.41) is 38.4. The summed E-state index contributed by atoms with van der Waals surface area (Å²) < 4.78 is 0. The quantitative estimate of drug-likeness (QED) is 0.530. The van der Waals surface area contributed by atoms with Crippen LogP contribution in [0.15, 0.2) is 12.3 Å². The topological polar surface area (TPSA) is 124 Å². The first-order valence-corrected chi connectivity index (χ1v) is 5.18. The standard InChI is InChI=1S/C10H10N4O4/c11-2-6-1-7(14(17)18)3-12-10(6)13-4-8(15)9(16)5-13/h1,3,8-9,15-16H,4-5H2. The molecule has 1 aliphatic heterocycles. The molecule has 2 atom stereocenters. The number of nitrogens with zero attached hydrogens (tertiary/aromatic N) is 4. The monoisotopic (exact) mass is 250 g/mol. The van der Waals surface area contributed by atoms with Crippen LogP contribution in [0.1, 0.15) is 5.56 Å². The summed E-state index contributed by atoms with van der Waals surface area (Å²) in [5.74, 6) is 0.235. The summed E-state index contributed by atoms with van der Waals surface area (Å²) in [6, 6.07) is 2.95. The average Bonchev–Trinajstić information content (AvgIpc) is 2.68. The molecule has 2 N–H and O–H groups in total. The molecule has 0 radical (unpaired) electrons. The zero-order valence-electron chi connectivity index (χ0n) is 9.22. The number of rotatable bonds is 2. The van der Waals surface area contributed by atoms with Crippen molar-refractivity contribution < 1.29 is 15.1 Å². The van der Waals surface area contributed by atoms with E-state index >= 15 is 0 Å². The summed E-state index contributed by atoms with van der Waals surface area (Å²) in [5.41, 5.74) is -0.221. The van der Waals surface area contributed by atoms with Gasteiger partial charge in [0.2, 0.25) is 0 Å². The molecule has 2 unspecified atom stereocenters. The molecule has 1 aromatic heterocycles. The van der Waals surface area contributed by atoms with Gasteiger partial charge >= 0.3 is 0 Å². The predicted molar refractivity (Wildman–Crippen MR) is 59.8 cm³/mol. The maximum Gasteiger partial charge on any atom is 0.289 e. The largest absolute Gasteiger partial charge is 0.389 e. The highest BCUT2D eigenvalue weighted by Gasteiger charge is 2.32. The van der Waals surface area contributed by atoms with Gasteiger partial charge in [-0.2, -0.15) is 5.26 Å². The third-order valence-electron chi connectivity index (χ3n) is 2.74. The van der Waals surface area contributed by atoms with Crippen LogP contribution in [-0.2, 0) is 0 Å². The van der Waals surface area contributed by atoms with Crippen LogP contribution in [0.25, 0.3) is 0 Å². The average molecular weight is 250 g/mol. The molecule has 1 saturated heterocycles. The molecule has 0 spiro atoms. The number of hydrogen-bond acceptors (Lipinski definition) is 7. The van der Waals surface area contributed by atoms with E-state index < -0.39 is 17.1 Å². The van der Waals surface area contributed by atoms with Gasteiger partial charge < -0.3 is 15.1 Å². The van der Waals surface area contributed by atoms with Gasteiger partial charge in [-0.15, -0.1) is 0 Å². The van der Waals surface area contributed by atoms with Crippen LogP contribution in [0, 0.1) is 21.4 Å². The summed E-state index contributed by atoms with van der Waals surface area (Å²) in [4.78, 5) is 15.3. The van der Waals surface area contributed by atoms with E-state index in [0.29, 0.717) is 0 Å². The van der Waals surface area contributed by atoms with Gasteiger partial charge in [0.25, 0.3) is 5.69 Å². The normalized spacial score (nSPS) is 22.8. The second-order valence-corrected chi connectivity index (χ2v) is 3.97. The van der Waals surface area contributed by atoms with Crippen LogP contribution in [0.2, 0.25) is 0 Å². The Labute approximate surface area is 102 Å². The van der Waals surface area contributed by atoms with Gasteiger partial charge in [0, 0.05) is 19.2 Å². The van der Waals surface area contributed by atoms with Crippen LogP contribution < -0.4 is 4.90 Å². The van der Waals surface area contributed by atoms with Crippen molar-refractivity contribution in [3.05, 3.63) is 27.9 Å². The molecule has 2 heterocycles.